The fraction of sp³-hybridized carbons (Fsp3) is 0.360. The Balaban J connectivity index is 1.60. The summed E-state index contributed by atoms with van der Waals surface area (Å²) in [5.74, 6) is 1.68. The molecule has 0 bridgehead atoms. The maximum Gasteiger partial charge on any atom is 0.273 e. The highest BCUT2D eigenvalue weighted by Crippen LogP contribution is 2.45. The molecule has 0 spiro atoms. The Bertz CT molecular complexity index is 1250. The maximum atomic E-state index is 11.2. The summed E-state index contributed by atoms with van der Waals surface area (Å²) in [5, 5.41) is 21.7. The van der Waals surface area contributed by atoms with Gasteiger partial charge >= 0.3 is 0 Å². The minimum Gasteiger partial charge on any atom is -0.455 e. The number of nitriles is 1. The van der Waals surface area contributed by atoms with Gasteiger partial charge in [-0.3, -0.25) is 10.1 Å². The molecular formula is C25H25N3O3S. The molecule has 0 saturated heterocycles. The molecule has 0 unspecified atom stereocenters. The van der Waals surface area contributed by atoms with Gasteiger partial charge in [0.1, 0.15) is 22.6 Å². The molecule has 0 aliphatic heterocycles. The molecule has 164 valence electrons. The van der Waals surface area contributed by atoms with E-state index < -0.39 is 4.92 Å². The zero-order valence-electron chi connectivity index (χ0n) is 18.6. The van der Waals surface area contributed by atoms with Crippen LogP contribution in [0.25, 0.3) is 11.3 Å². The largest absolute Gasteiger partial charge is 0.455 e. The predicted octanol–water partition coefficient (Wildman–Crippen LogP) is 7.00. The number of nitrogens with zero attached hydrogens (tertiary/aromatic N) is 3. The van der Waals surface area contributed by atoms with Gasteiger partial charge in [0.05, 0.1) is 16.7 Å². The number of benzene rings is 1. The van der Waals surface area contributed by atoms with Crippen molar-refractivity contribution in [1.29, 1.82) is 5.26 Å². The number of aliphatic imine (C=N–C) groups is 1. The normalized spacial score (nSPS) is 16.2. The molecule has 32 heavy (non-hydrogen) atoms. The van der Waals surface area contributed by atoms with Crippen LogP contribution in [0, 0.1) is 39.7 Å². The molecule has 1 aliphatic rings. The lowest BCUT2D eigenvalue weighted by Gasteiger charge is -2.33. The third-order valence-electron chi connectivity index (χ3n) is 6.29. The van der Waals surface area contributed by atoms with Crippen LogP contribution in [-0.4, -0.2) is 11.1 Å². The van der Waals surface area contributed by atoms with Crippen LogP contribution in [0.5, 0.6) is 0 Å². The van der Waals surface area contributed by atoms with Crippen LogP contribution in [0.4, 0.5) is 10.7 Å². The predicted molar refractivity (Wildman–Crippen MR) is 127 cm³/mol. The Morgan fingerprint density at radius 3 is 2.78 bits per heavy atom. The average molecular weight is 448 g/mol. The summed E-state index contributed by atoms with van der Waals surface area (Å²) in [4.78, 5) is 16.7. The van der Waals surface area contributed by atoms with Crippen molar-refractivity contribution < 1.29 is 9.34 Å². The van der Waals surface area contributed by atoms with E-state index in [4.69, 9.17) is 4.42 Å². The Labute approximate surface area is 191 Å². The zero-order valence-corrected chi connectivity index (χ0v) is 19.5. The number of rotatable bonds is 4. The van der Waals surface area contributed by atoms with E-state index in [2.05, 4.69) is 31.8 Å². The topological polar surface area (TPSA) is 92.4 Å². The van der Waals surface area contributed by atoms with Crippen LogP contribution in [0.2, 0.25) is 0 Å². The van der Waals surface area contributed by atoms with E-state index in [-0.39, 0.29) is 11.1 Å². The summed E-state index contributed by atoms with van der Waals surface area (Å²) in [5.41, 5.74) is 3.36. The third-order valence-corrected chi connectivity index (χ3v) is 7.45. The van der Waals surface area contributed by atoms with Crippen LogP contribution in [0.3, 0.4) is 0 Å². The smallest absolute Gasteiger partial charge is 0.273 e. The number of thiophene rings is 1. The molecule has 0 amide bonds. The first-order valence-electron chi connectivity index (χ1n) is 10.6. The van der Waals surface area contributed by atoms with Gasteiger partial charge in [0.15, 0.2) is 0 Å². The number of hydrogen-bond donors (Lipinski definition) is 0. The van der Waals surface area contributed by atoms with Crippen molar-refractivity contribution in [2.45, 2.75) is 47.0 Å². The monoisotopic (exact) mass is 447 g/mol. The van der Waals surface area contributed by atoms with E-state index in [1.807, 2.05) is 0 Å². The lowest BCUT2D eigenvalue weighted by atomic mass is 9.72. The minimum absolute atomic E-state index is 0.0607. The summed E-state index contributed by atoms with van der Waals surface area (Å²) in [6, 6.07) is 10.9. The van der Waals surface area contributed by atoms with E-state index in [0.717, 1.165) is 29.8 Å². The molecule has 4 rings (SSSR count). The molecule has 2 heterocycles. The first-order valence-corrected chi connectivity index (χ1v) is 11.4. The van der Waals surface area contributed by atoms with Crippen molar-refractivity contribution in [1.82, 2.24) is 0 Å². The van der Waals surface area contributed by atoms with E-state index in [0.29, 0.717) is 34.1 Å². The van der Waals surface area contributed by atoms with Crippen LogP contribution in [0.15, 0.2) is 39.7 Å². The summed E-state index contributed by atoms with van der Waals surface area (Å²) in [6.07, 6.45) is 4.62. The highest BCUT2D eigenvalue weighted by molar-refractivity contribution is 7.16. The summed E-state index contributed by atoms with van der Waals surface area (Å²) >= 11 is 1.60. The molecule has 1 aliphatic carbocycles. The van der Waals surface area contributed by atoms with Gasteiger partial charge < -0.3 is 4.42 Å². The molecule has 0 N–H and O–H groups in total. The highest BCUT2D eigenvalue weighted by atomic mass is 32.1. The first kappa shape index (κ1) is 22.0. The molecular weight excluding hydrogens is 422 g/mol. The number of furan rings is 1. The van der Waals surface area contributed by atoms with Gasteiger partial charge in [0.25, 0.3) is 5.69 Å². The summed E-state index contributed by atoms with van der Waals surface area (Å²) in [7, 11) is 0. The van der Waals surface area contributed by atoms with Gasteiger partial charge in [-0.15, -0.1) is 11.3 Å². The van der Waals surface area contributed by atoms with E-state index >= 15 is 0 Å². The fourth-order valence-corrected chi connectivity index (χ4v) is 5.52. The second-order valence-corrected chi connectivity index (χ2v) is 10.4. The third kappa shape index (κ3) is 4.11. The SMILES string of the molecule is Cc1c(-c2ccc(C=Nc3sc4c(c3C#N)CC[C@@H](C(C)(C)C)C4)o2)cccc1[N+](=O)[O-]. The van der Waals surface area contributed by atoms with Crippen molar-refractivity contribution in [3.05, 3.63) is 67.8 Å². The number of nitro benzene ring substituents is 1. The van der Waals surface area contributed by atoms with Gasteiger partial charge in [-0.2, -0.15) is 5.26 Å². The number of hydrogen-bond acceptors (Lipinski definition) is 6. The Morgan fingerprint density at radius 1 is 1.31 bits per heavy atom. The second kappa shape index (κ2) is 8.36. The van der Waals surface area contributed by atoms with E-state index in [1.54, 1.807) is 48.7 Å². The molecule has 1 atom stereocenters. The van der Waals surface area contributed by atoms with Gasteiger partial charge in [0.2, 0.25) is 0 Å². The van der Waals surface area contributed by atoms with Crippen LogP contribution < -0.4 is 0 Å². The van der Waals surface area contributed by atoms with Gasteiger partial charge in [-0.05, 0) is 55.2 Å². The molecule has 1 aromatic carbocycles. The van der Waals surface area contributed by atoms with Crippen LogP contribution in [-0.2, 0) is 12.8 Å². The van der Waals surface area contributed by atoms with Gasteiger partial charge in [-0.1, -0.05) is 32.9 Å². The Hall–Kier alpha value is -3.24. The lowest BCUT2D eigenvalue weighted by Crippen LogP contribution is -2.26. The number of nitro groups is 1. The maximum absolute atomic E-state index is 11.2. The molecule has 3 aromatic rings. The minimum atomic E-state index is -0.393. The zero-order chi connectivity index (χ0) is 23.0. The Morgan fingerprint density at radius 2 is 2.09 bits per heavy atom. The first-order chi connectivity index (χ1) is 15.2. The van der Waals surface area contributed by atoms with Crippen LogP contribution in [0.1, 0.15) is 54.5 Å². The van der Waals surface area contributed by atoms with Crippen molar-refractivity contribution in [2.24, 2.45) is 16.3 Å². The van der Waals surface area contributed by atoms with Crippen molar-refractivity contribution in [2.75, 3.05) is 0 Å². The highest BCUT2D eigenvalue weighted by Gasteiger charge is 2.32. The molecule has 0 radical (unpaired) electrons. The van der Waals surface area contributed by atoms with Crippen molar-refractivity contribution in [3.63, 3.8) is 0 Å². The average Bonchev–Trinajstić information content (AvgIpc) is 3.35. The molecule has 0 saturated carbocycles. The summed E-state index contributed by atoms with van der Waals surface area (Å²) < 4.78 is 5.89. The molecule has 0 fully saturated rings. The quantitative estimate of drug-likeness (QED) is 0.244. The second-order valence-electron chi connectivity index (χ2n) is 9.27. The lowest BCUT2D eigenvalue weighted by molar-refractivity contribution is -0.385. The Kier molecular flexibility index (Phi) is 5.74. The van der Waals surface area contributed by atoms with E-state index in [9.17, 15) is 15.4 Å². The fourth-order valence-electron chi connectivity index (χ4n) is 4.29. The summed E-state index contributed by atoms with van der Waals surface area (Å²) in [6.45, 7) is 8.54. The van der Waals surface area contributed by atoms with Crippen LogP contribution >= 0.6 is 11.3 Å². The van der Waals surface area contributed by atoms with Gasteiger partial charge in [0, 0.05) is 22.1 Å². The van der Waals surface area contributed by atoms with Crippen molar-refractivity contribution >= 4 is 28.2 Å². The molecule has 7 heteroatoms. The van der Waals surface area contributed by atoms with Crippen molar-refractivity contribution in [3.8, 4) is 17.4 Å². The molecule has 6 nitrogen and oxygen atoms in total. The number of fused-ring (bicyclic) bond motifs is 1. The van der Waals surface area contributed by atoms with Gasteiger partial charge in [-0.25, -0.2) is 4.99 Å². The standard InChI is InChI=1S/C25H25N3O3S/c1-15-18(6-5-7-21(15)28(29)30)22-11-9-17(31-22)14-27-24-20(13-26)19-10-8-16(25(2,3)4)12-23(19)32-24/h5-7,9,11,14,16H,8,10,12H2,1-4H3/t16-/m1/s1. The molecule has 2 aromatic heterocycles. The van der Waals surface area contributed by atoms with E-state index in [1.165, 1.54) is 10.9 Å².